The third kappa shape index (κ3) is 2.09. The molecular weight excluding hydrogens is 220 g/mol. The summed E-state index contributed by atoms with van der Waals surface area (Å²) in [6.45, 7) is 4.07. The molecule has 4 N–H and O–H groups in total. The quantitative estimate of drug-likeness (QED) is 0.780. The molecule has 0 unspecified atom stereocenters. The highest BCUT2D eigenvalue weighted by Crippen LogP contribution is 2.33. The summed E-state index contributed by atoms with van der Waals surface area (Å²) in [5, 5.41) is 0. The van der Waals surface area contributed by atoms with Crippen LogP contribution in [0.3, 0.4) is 0 Å². The fraction of sp³-hybridized carbons (Fsp3) is 0.125. The van der Waals surface area contributed by atoms with E-state index in [2.05, 4.69) is 6.92 Å². The molecule has 18 heavy (non-hydrogen) atoms. The zero-order chi connectivity index (χ0) is 13.1. The first-order valence-corrected chi connectivity index (χ1v) is 6.01. The van der Waals surface area contributed by atoms with E-state index in [-0.39, 0.29) is 0 Å². The molecule has 0 bridgehead atoms. The average molecular weight is 238 g/mol. The van der Waals surface area contributed by atoms with Gasteiger partial charge in [-0.3, -0.25) is 0 Å². The Balaban J connectivity index is 2.67. The lowest BCUT2D eigenvalue weighted by Gasteiger charge is -2.13. The van der Waals surface area contributed by atoms with Gasteiger partial charge in [0.2, 0.25) is 0 Å². The van der Waals surface area contributed by atoms with Gasteiger partial charge in [-0.25, -0.2) is 0 Å². The number of hydrogen-bond acceptors (Lipinski definition) is 2. The maximum absolute atomic E-state index is 6.03. The zero-order valence-electron chi connectivity index (χ0n) is 10.8. The van der Waals surface area contributed by atoms with Crippen molar-refractivity contribution in [2.45, 2.75) is 13.8 Å². The Morgan fingerprint density at radius 1 is 0.889 bits per heavy atom. The van der Waals surface area contributed by atoms with E-state index < -0.39 is 0 Å². The molecule has 0 radical (unpaired) electrons. The van der Waals surface area contributed by atoms with E-state index in [4.69, 9.17) is 11.5 Å². The number of hydrogen-bond donors (Lipinski definition) is 2. The van der Waals surface area contributed by atoms with Gasteiger partial charge >= 0.3 is 0 Å². The molecule has 2 nitrogen and oxygen atoms in total. The van der Waals surface area contributed by atoms with E-state index in [1.54, 1.807) is 0 Å². The van der Waals surface area contributed by atoms with Crippen molar-refractivity contribution < 1.29 is 0 Å². The normalized spacial score (nSPS) is 11.0. The molecule has 92 valence electrons. The highest BCUT2D eigenvalue weighted by molar-refractivity contribution is 5.83. The molecule has 0 aliphatic carbocycles. The minimum absolute atomic E-state index is 0.789. The number of nitrogens with two attached hydrogens (primary N) is 2. The summed E-state index contributed by atoms with van der Waals surface area (Å²) in [5.74, 6) is 0. The Bertz CT molecular complexity index is 598. The molecule has 0 saturated heterocycles. The summed E-state index contributed by atoms with van der Waals surface area (Å²) in [6, 6.07) is 11.9. The monoisotopic (exact) mass is 238 g/mol. The summed E-state index contributed by atoms with van der Waals surface area (Å²) >= 11 is 0. The molecule has 0 heterocycles. The third-order valence-electron chi connectivity index (χ3n) is 3.13. The van der Waals surface area contributed by atoms with Gasteiger partial charge in [0.15, 0.2) is 0 Å². The predicted octanol–water partition coefficient (Wildman–Crippen LogP) is 3.86. The molecule has 0 amide bonds. The first-order chi connectivity index (χ1) is 8.65. The van der Waals surface area contributed by atoms with Crippen molar-refractivity contribution in [3.05, 3.63) is 53.6 Å². The van der Waals surface area contributed by atoms with Crippen LogP contribution in [-0.4, -0.2) is 0 Å². The molecule has 0 aliphatic rings. The van der Waals surface area contributed by atoms with Gasteiger partial charge in [0.05, 0.1) is 0 Å². The summed E-state index contributed by atoms with van der Waals surface area (Å²) in [4.78, 5) is 0. The lowest BCUT2D eigenvalue weighted by Crippen LogP contribution is -1.97. The van der Waals surface area contributed by atoms with E-state index >= 15 is 0 Å². The molecule has 2 heteroatoms. The second-order valence-corrected chi connectivity index (χ2v) is 4.33. The summed E-state index contributed by atoms with van der Waals surface area (Å²) in [5.41, 5.74) is 18.0. The predicted molar refractivity (Wildman–Crippen MR) is 80.1 cm³/mol. The number of para-hydroxylation sites is 1. The molecular formula is C16H18N2. The minimum Gasteiger partial charge on any atom is -0.398 e. The fourth-order valence-electron chi connectivity index (χ4n) is 2.17. The second kappa shape index (κ2) is 4.96. The molecule has 0 atom stereocenters. The van der Waals surface area contributed by atoms with Gasteiger partial charge in [-0.15, -0.1) is 0 Å². The minimum atomic E-state index is 0.789. The van der Waals surface area contributed by atoms with E-state index in [0.29, 0.717) is 0 Å². The molecule has 0 aliphatic heterocycles. The molecule has 2 aromatic carbocycles. The largest absolute Gasteiger partial charge is 0.398 e. The summed E-state index contributed by atoms with van der Waals surface area (Å²) in [7, 11) is 0. The smallest absolute Gasteiger partial charge is 0.0393 e. The van der Waals surface area contributed by atoms with Crippen molar-refractivity contribution in [3.8, 4) is 11.1 Å². The number of rotatable bonds is 2. The van der Waals surface area contributed by atoms with Gasteiger partial charge in [-0.2, -0.15) is 0 Å². The highest BCUT2D eigenvalue weighted by atomic mass is 14.6. The topological polar surface area (TPSA) is 52.0 Å². The third-order valence-corrected chi connectivity index (χ3v) is 3.13. The number of allylic oxidation sites excluding steroid dienone is 1. The first-order valence-electron chi connectivity index (χ1n) is 6.01. The molecule has 0 saturated carbocycles. The summed E-state index contributed by atoms with van der Waals surface area (Å²) in [6.07, 6.45) is 4.03. The Hall–Kier alpha value is -2.22. The second-order valence-electron chi connectivity index (χ2n) is 4.33. The Labute approximate surface area is 108 Å². The van der Waals surface area contributed by atoms with E-state index in [0.717, 1.165) is 33.6 Å². The van der Waals surface area contributed by atoms with Crippen molar-refractivity contribution in [2.75, 3.05) is 11.5 Å². The SMILES string of the molecule is C/C=C\c1c(N)ccc(-c2ccccc2N)c1C. The Kier molecular flexibility index (Phi) is 3.38. The lowest BCUT2D eigenvalue weighted by atomic mass is 9.94. The van der Waals surface area contributed by atoms with Gasteiger partial charge in [0.1, 0.15) is 0 Å². The van der Waals surface area contributed by atoms with Crippen LogP contribution in [0.25, 0.3) is 17.2 Å². The van der Waals surface area contributed by atoms with Gasteiger partial charge in [-0.1, -0.05) is 36.4 Å². The lowest BCUT2D eigenvalue weighted by molar-refractivity contribution is 1.43. The average Bonchev–Trinajstić information content (AvgIpc) is 2.36. The number of nitrogen functional groups attached to an aromatic ring is 2. The van der Waals surface area contributed by atoms with Crippen LogP contribution >= 0.6 is 0 Å². The van der Waals surface area contributed by atoms with Crippen LogP contribution in [0.4, 0.5) is 11.4 Å². The van der Waals surface area contributed by atoms with Crippen LogP contribution < -0.4 is 11.5 Å². The number of anilines is 2. The van der Waals surface area contributed by atoms with Crippen molar-refractivity contribution in [2.24, 2.45) is 0 Å². The van der Waals surface area contributed by atoms with Crippen LogP contribution in [0.15, 0.2) is 42.5 Å². The molecule has 0 fully saturated rings. The summed E-state index contributed by atoms with van der Waals surface area (Å²) < 4.78 is 0. The molecule has 2 rings (SSSR count). The van der Waals surface area contributed by atoms with Gasteiger partial charge in [0, 0.05) is 22.5 Å². The fourth-order valence-corrected chi connectivity index (χ4v) is 2.17. The number of benzene rings is 2. The van der Waals surface area contributed by atoms with Crippen molar-refractivity contribution in [1.82, 2.24) is 0 Å². The Morgan fingerprint density at radius 3 is 2.28 bits per heavy atom. The van der Waals surface area contributed by atoms with Crippen LogP contribution in [0, 0.1) is 6.92 Å². The standard InChI is InChI=1S/C16H18N2/c1-3-6-13-11(2)12(9-10-16(13)18)14-7-4-5-8-15(14)17/h3-10H,17-18H2,1-2H3/b6-3-. The molecule has 0 aromatic heterocycles. The molecule has 0 spiro atoms. The zero-order valence-corrected chi connectivity index (χ0v) is 10.8. The molecule has 2 aromatic rings. The van der Waals surface area contributed by atoms with E-state index in [1.165, 1.54) is 0 Å². The van der Waals surface area contributed by atoms with Gasteiger partial charge in [-0.05, 0) is 37.1 Å². The van der Waals surface area contributed by atoms with E-state index in [1.807, 2.05) is 55.5 Å². The van der Waals surface area contributed by atoms with Gasteiger partial charge < -0.3 is 11.5 Å². The van der Waals surface area contributed by atoms with Crippen LogP contribution in [0.1, 0.15) is 18.1 Å². The Morgan fingerprint density at radius 2 is 1.61 bits per heavy atom. The van der Waals surface area contributed by atoms with Crippen LogP contribution in [0.2, 0.25) is 0 Å². The van der Waals surface area contributed by atoms with Crippen LogP contribution in [-0.2, 0) is 0 Å². The van der Waals surface area contributed by atoms with Gasteiger partial charge in [0.25, 0.3) is 0 Å². The van der Waals surface area contributed by atoms with Crippen molar-refractivity contribution >= 4 is 17.5 Å². The van der Waals surface area contributed by atoms with E-state index in [9.17, 15) is 0 Å². The van der Waals surface area contributed by atoms with Crippen molar-refractivity contribution in [1.29, 1.82) is 0 Å². The maximum atomic E-state index is 6.03. The highest BCUT2D eigenvalue weighted by Gasteiger charge is 2.09. The first kappa shape index (κ1) is 12.2. The van der Waals surface area contributed by atoms with Crippen molar-refractivity contribution in [3.63, 3.8) is 0 Å². The maximum Gasteiger partial charge on any atom is 0.0393 e. The van der Waals surface area contributed by atoms with Crippen LogP contribution in [0.5, 0.6) is 0 Å².